The summed E-state index contributed by atoms with van der Waals surface area (Å²) in [4.78, 5) is 2.14. The van der Waals surface area contributed by atoms with E-state index in [0.29, 0.717) is 12.2 Å². The first-order chi connectivity index (χ1) is 9.63. The van der Waals surface area contributed by atoms with Gasteiger partial charge in [-0.2, -0.15) is 10.5 Å². The van der Waals surface area contributed by atoms with Crippen molar-refractivity contribution >= 4 is 7.85 Å². The van der Waals surface area contributed by atoms with Crippen LogP contribution in [-0.4, -0.2) is 32.5 Å². The third kappa shape index (κ3) is 4.29. The zero-order valence-corrected chi connectivity index (χ0v) is 12.4. The van der Waals surface area contributed by atoms with Crippen LogP contribution in [0.2, 0.25) is 6.32 Å². The van der Waals surface area contributed by atoms with Crippen molar-refractivity contribution in [1.29, 1.82) is 10.5 Å². The Morgan fingerprint density at radius 2 is 1.80 bits per heavy atom. The second-order valence-corrected chi connectivity index (χ2v) is 4.74. The standard InChI is InChI=1S/C15H20BN3O/c1-12-8-14(15(10-17)11-18)9-13(2)19(12)5-7-20-6-3-4-16/h8-9H,3-7,16H2,1-2H3. The molecule has 0 fully saturated rings. The summed E-state index contributed by atoms with van der Waals surface area (Å²) in [6.07, 6.45) is 5.98. The lowest BCUT2D eigenvalue weighted by Crippen LogP contribution is -2.26. The molecule has 5 heteroatoms. The van der Waals surface area contributed by atoms with Gasteiger partial charge < -0.3 is 9.64 Å². The molecule has 0 amide bonds. The van der Waals surface area contributed by atoms with E-state index in [1.54, 1.807) is 0 Å². The van der Waals surface area contributed by atoms with Crippen LogP contribution in [-0.2, 0) is 4.74 Å². The fourth-order valence-corrected chi connectivity index (χ4v) is 2.08. The molecule has 1 aliphatic rings. The van der Waals surface area contributed by atoms with Crippen molar-refractivity contribution in [1.82, 2.24) is 4.90 Å². The van der Waals surface area contributed by atoms with Crippen molar-refractivity contribution in [3.63, 3.8) is 0 Å². The number of allylic oxidation sites excluding steroid dienone is 6. The first-order valence-electron chi connectivity index (χ1n) is 6.90. The maximum absolute atomic E-state index is 8.92. The van der Waals surface area contributed by atoms with E-state index in [9.17, 15) is 0 Å². The van der Waals surface area contributed by atoms with Crippen molar-refractivity contribution in [3.05, 3.63) is 34.7 Å². The highest BCUT2D eigenvalue weighted by Gasteiger charge is 2.15. The van der Waals surface area contributed by atoms with Crippen LogP contribution >= 0.6 is 0 Å². The van der Waals surface area contributed by atoms with E-state index in [-0.39, 0.29) is 5.57 Å². The van der Waals surface area contributed by atoms with E-state index in [1.165, 1.54) is 0 Å². The van der Waals surface area contributed by atoms with Crippen LogP contribution in [0.3, 0.4) is 0 Å². The first kappa shape index (κ1) is 16.1. The van der Waals surface area contributed by atoms with E-state index in [4.69, 9.17) is 15.3 Å². The molecule has 1 rings (SSSR count). The van der Waals surface area contributed by atoms with E-state index < -0.39 is 0 Å². The van der Waals surface area contributed by atoms with Gasteiger partial charge in [0.15, 0.2) is 0 Å². The Balaban J connectivity index is 2.69. The van der Waals surface area contributed by atoms with Crippen LogP contribution in [0.5, 0.6) is 0 Å². The van der Waals surface area contributed by atoms with Crippen molar-refractivity contribution in [2.24, 2.45) is 0 Å². The van der Waals surface area contributed by atoms with Crippen LogP contribution in [0.4, 0.5) is 0 Å². The van der Waals surface area contributed by atoms with Crippen molar-refractivity contribution in [2.45, 2.75) is 26.6 Å². The summed E-state index contributed by atoms with van der Waals surface area (Å²) in [6.45, 7) is 6.23. The molecule has 20 heavy (non-hydrogen) atoms. The summed E-state index contributed by atoms with van der Waals surface area (Å²) in [5, 5.41) is 17.8. The van der Waals surface area contributed by atoms with Gasteiger partial charge in [0, 0.05) is 30.1 Å². The van der Waals surface area contributed by atoms with Crippen LogP contribution < -0.4 is 0 Å². The highest BCUT2D eigenvalue weighted by molar-refractivity contribution is 6.08. The number of hydrogen-bond donors (Lipinski definition) is 0. The highest BCUT2D eigenvalue weighted by atomic mass is 16.5. The normalized spacial score (nSPS) is 14.2. The zero-order valence-electron chi connectivity index (χ0n) is 12.4. The SMILES string of the molecule is BCCCOCCN1C(C)=CC(=C(C#N)C#N)C=C1C. The number of ether oxygens (including phenoxy) is 1. The summed E-state index contributed by atoms with van der Waals surface area (Å²) in [7, 11) is 2.14. The van der Waals surface area contributed by atoms with Crippen molar-refractivity contribution in [3.8, 4) is 12.1 Å². The van der Waals surface area contributed by atoms with E-state index in [0.717, 1.165) is 37.3 Å². The van der Waals surface area contributed by atoms with E-state index >= 15 is 0 Å². The minimum atomic E-state index is 0.155. The molecule has 0 aromatic rings. The first-order valence-corrected chi connectivity index (χ1v) is 6.90. The van der Waals surface area contributed by atoms with E-state index in [2.05, 4.69) is 12.7 Å². The molecule has 4 nitrogen and oxygen atoms in total. The molecule has 0 saturated heterocycles. The Bertz CT molecular complexity index is 482. The summed E-state index contributed by atoms with van der Waals surface area (Å²) in [5.41, 5.74) is 2.90. The van der Waals surface area contributed by atoms with Gasteiger partial charge in [-0.1, -0.05) is 6.32 Å². The summed E-state index contributed by atoms with van der Waals surface area (Å²) in [6, 6.07) is 3.86. The molecule has 0 bridgehead atoms. The molecule has 1 aliphatic heterocycles. The predicted octanol–water partition coefficient (Wildman–Crippen LogP) is 1.91. The number of nitrogens with zero attached hydrogens (tertiary/aromatic N) is 3. The minimum absolute atomic E-state index is 0.155. The number of nitriles is 2. The van der Waals surface area contributed by atoms with Gasteiger partial charge in [-0.25, -0.2) is 0 Å². The smallest absolute Gasteiger partial charge is 0.137 e. The molecular weight excluding hydrogens is 249 g/mol. The fourth-order valence-electron chi connectivity index (χ4n) is 2.08. The van der Waals surface area contributed by atoms with Crippen molar-refractivity contribution < 1.29 is 4.74 Å². The molecule has 0 aliphatic carbocycles. The summed E-state index contributed by atoms with van der Waals surface area (Å²) in [5.74, 6) is 0. The molecule has 0 radical (unpaired) electrons. The quantitative estimate of drug-likeness (QED) is 0.420. The monoisotopic (exact) mass is 269 g/mol. The zero-order chi connectivity index (χ0) is 15.0. The summed E-state index contributed by atoms with van der Waals surface area (Å²) < 4.78 is 5.58. The maximum Gasteiger partial charge on any atom is 0.137 e. The van der Waals surface area contributed by atoms with Crippen molar-refractivity contribution in [2.75, 3.05) is 19.8 Å². The Hall–Kier alpha value is -1.98. The predicted molar refractivity (Wildman–Crippen MR) is 81.3 cm³/mol. The molecule has 0 aromatic carbocycles. The highest BCUT2D eigenvalue weighted by Crippen LogP contribution is 2.24. The lowest BCUT2D eigenvalue weighted by Gasteiger charge is -2.29. The van der Waals surface area contributed by atoms with Gasteiger partial charge >= 0.3 is 0 Å². The van der Waals surface area contributed by atoms with Crippen LogP contribution in [0.1, 0.15) is 20.3 Å². The Labute approximate surface area is 122 Å². The lowest BCUT2D eigenvalue weighted by atomic mass is 10.0. The molecule has 0 spiro atoms. The molecule has 1 heterocycles. The molecule has 0 saturated carbocycles. The molecule has 0 unspecified atom stereocenters. The molecule has 0 atom stereocenters. The Morgan fingerprint density at radius 1 is 1.20 bits per heavy atom. The van der Waals surface area contributed by atoms with Gasteiger partial charge in [0.25, 0.3) is 0 Å². The topological polar surface area (TPSA) is 60.0 Å². The van der Waals surface area contributed by atoms with Crippen LogP contribution in [0.15, 0.2) is 34.7 Å². The van der Waals surface area contributed by atoms with Gasteiger partial charge in [-0.05, 0) is 32.4 Å². The maximum atomic E-state index is 8.92. The van der Waals surface area contributed by atoms with Crippen LogP contribution in [0.25, 0.3) is 0 Å². The number of rotatable bonds is 6. The van der Waals surface area contributed by atoms with Gasteiger partial charge in [-0.15, -0.1) is 0 Å². The Morgan fingerprint density at radius 3 is 2.30 bits per heavy atom. The second-order valence-electron chi connectivity index (χ2n) is 4.74. The molecule has 0 N–H and O–H groups in total. The molecular formula is C15H20BN3O. The third-order valence-electron chi connectivity index (χ3n) is 3.19. The Kier molecular flexibility index (Phi) is 6.63. The summed E-state index contributed by atoms with van der Waals surface area (Å²) >= 11 is 0. The lowest BCUT2D eigenvalue weighted by molar-refractivity contribution is 0.120. The molecule has 0 aromatic heterocycles. The largest absolute Gasteiger partial charge is 0.380 e. The fraction of sp³-hybridized carbons (Fsp3) is 0.467. The van der Waals surface area contributed by atoms with Gasteiger partial charge in [-0.3, -0.25) is 0 Å². The van der Waals surface area contributed by atoms with E-state index in [1.807, 2.05) is 38.1 Å². The third-order valence-corrected chi connectivity index (χ3v) is 3.19. The van der Waals surface area contributed by atoms with Gasteiger partial charge in [0.2, 0.25) is 0 Å². The van der Waals surface area contributed by atoms with Crippen LogP contribution in [0, 0.1) is 22.7 Å². The van der Waals surface area contributed by atoms with Gasteiger partial charge in [0.1, 0.15) is 25.6 Å². The second kappa shape index (κ2) is 8.25. The average molecular weight is 269 g/mol. The molecule has 104 valence electrons. The minimum Gasteiger partial charge on any atom is -0.380 e. The average Bonchev–Trinajstić information content (AvgIpc) is 2.42. The van der Waals surface area contributed by atoms with Gasteiger partial charge in [0.05, 0.1) is 6.61 Å². The number of hydrogen-bond acceptors (Lipinski definition) is 4.